The van der Waals surface area contributed by atoms with Crippen molar-refractivity contribution in [1.82, 2.24) is 9.29 Å². The summed E-state index contributed by atoms with van der Waals surface area (Å²) in [6, 6.07) is 3.54. The standard InChI is InChI=1S/C14H23N3O2S/c1-4-15-13-6-5-8-16-14(13)20(18,19)17-9-7-11(2)10-12(17)3/h5-6,8,11-12,15H,4,7,9-10H2,1-3H3. The zero-order valence-corrected chi connectivity index (χ0v) is 13.2. The van der Waals surface area contributed by atoms with E-state index in [1.807, 2.05) is 13.8 Å². The van der Waals surface area contributed by atoms with E-state index in [9.17, 15) is 8.42 Å². The lowest BCUT2D eigenvalue weighted by Crippen LogP contribution is -2.44. The van der Waals surface area contributed by atoms with Crippen LogP contribution in [0.1, 0.15) is 33.6 Å². The highest BCUT2D eigenvalue weighted by molar-refractivity contribution is 7.89. The molecule has 0 spiro atoms. The first kappa shape index (κ1) is 15.3. The number of hydrogen-bond donors (Lipinski definition) is 1. The van der Waals surface area contributed by atoms with Gasteiger partial charge in [-0.25, -0.2) is 13.4 Å². The maximum Gasteiger partial charge on any atom is 0.262 e. The molecule has 1 saturated heterocycles. The van der Waals surface area contributed by atoms with Gasteiger partial charge in [0, 0.05) is 25.3 Å². The van der Waals surface area contributed by atoms with E-state index < -0.39 is 10.0 Å². The summed E-state index contributed by atoms with van der Waals surface area (Å²) < 4.78 is 27.2. The second kappa shape index (κ2) is 6.10. The van der Waals surface area contributed by atoms with Crippen molar-refractivity contribution < 1.29 is 8.42 Å². The summed E-state index contributed by atoms with van der Waals surface area (Å²) in [5.74, 6) is 0.577. The van der Waals surface area contributed by atoms with Crippen molar-refractivity contribution >= 4 is 15.7 Å². The molecule has 1 fully saturated rings. The SMILES string of the molecule is CCNc1cccnc1S(=O)(=O)N1CCC(C)CC1C. The van der Waals surface area contributed by atoms with Gasteiger partial charge in [0.05, 0.1) is 5.69 Å². The zero-order valence-electron chi connectivity index (χ0n) is 12.3. The first-order chi connectivity index (χ1) is 9.46. The third-order valence-electron chi connectivity index (χ3n) is 3.77. The van der Waals surface area contributed by atoms with E-state index in [1.165, 1.54) is 6.20 Å². The monoisotopic (exact) mass is 297 g/mol. The predicted molar refractivity (Wildman–Crippen MR) is 80.2 cm³/mol. The molecule has 1 aromatic heterocycles. The summed E-state index contributed by atoms with van der Waals surface area (Å²) in [7, 11) is -3.53. The van der Waals surface area contributed by atoms with Gasteiger partial charge in [-0.15, -0.1) is 0 Å². The first-order valence-corrected chi connectivity index (χ1v) is 8.61. The molecule has 2 atom stereocenters. The highest BCUT2D eigenvalue weighted by atomic mass is 32.2. The second-order valence-electron chi connectivity index (χ2n) is 5.48. The fraction of sp³-hybridized carbons (Fsp3) is 0.643. The molecule has 0 amide bonds. The molecule has 1 aliphatic rings. The van der Waals surface area contributed by atoms with E-state index in [1.54, 1.807) is 16.4 Å². The number of hydrogen-bond acceptors (Lipinski definition) is 4. The Morgan fingerprint density at radius 3 is 2.85 bits per heavy atom. The lowest BCUT2D eigenvalue weighted by Gasteiger charge is -2.35. The molecule has 0 bridgehead atoms. The van der Waals surface area contributed by atoms with Crippen LogP contribution in [0.25, 0.3) is 0 Å². The Balaban J connectivity index is 2.35. The molecule has 2 unspecified atom stereocenters. The average Bonchev–Trinajstić information content (AvgIpc) is 2.39. The minimum absolute atomic E-state index is 0.0280. The maximum absolute atomic E-state index is 12.8. The minimum Gasteiger partial charge on any atom is -0.383 e. The van der Waals surface area contributed by atoms with Gasteiger partial charge >= 0.3 is 0 Å². The molecule has 0 aliphatic carbocycles. The summed E-state index contributed by atoms with van der Waals surface area (Å²) >= 11 is 0. The minimum atomic E-state index is -3.53. The summed E-state index contributed by atoms with van der Waals surface area (Å²) in [6.07, 6.45) is 3.35. The van der Waals surface area contributed by atoms with Crippen LogP contribution in [0.2, 0.25) is 0 Å². The van der Waals surface area contributed by atoms with Gasteiger partial charge in [0.1, 0.15) is 0 Å². The van der Waals surface area contributed by atoms with Crippen molar-refractivity contribution in [1.29, 1.82) is 0 Å². The van der Waals surface area contributed by atoms with Crippen LogP contribution in [0, 0.1) is 5.92 Å². The van der Waals surface area contributed by atoms with E-state index >= 15 is 0 Å². The van der Waals surface area contributed by atoms with Crippen LogP contribution in [0.5, 0.6) is 0 Å². The van der Waals surface area contributed by atoms with Crippen LogP contribution < -0.4 is 5.32 Å². The summed E-state index contributed by atoms with van der Waals surface area (Å²) in [4.78, 5) is 4.11. The van der Waals surface area contributed by atoms with Crippen molar-refractivity contribution in [3.63, 3.8) is 0 Å². The Bertz CT molecular complexity index is 559. The van der Waals surface area contributed by atoms with Crippen molar-refractivity contribution in [3.8, 4) is 0 Å². The molecule has 5 nitrogen and oxygen atoms in total. The number of sulfonamides is 1. The van der Waals surface area contributed by atoms with Crippen LogP contribution in [-0.2, 0) is 10.0 Å². The smallest absolute Gasteiger partial charge is 0.262 e. The van der Waals surface area contributed by atoms with Crippen molar-refractivity contribution in [2.24, 2.45) is 5.92 Å². The molecule has 2 heterocycles. The van der Waals surface area contributed by atoms with E-state index in [0.29, 0.717) is 24.7 Å². The number of nitrogens with one attached hydrogen (secondary N) is 1. The predicted octanol–water partition coefficient (Wildman–Crippen LogP) is 2.32. The average molecular weight is 297 g/mol. The molecule has 0 saturated carbocycles. The molecular formula is C14H23N3O2S. The van der Waals surface area contributed by atoms with Crippen LogP contribution in [0.3, 0.4) is 0 Å². The zero-order chi connectivity index (χ0) is 14.8. The number of pyridine rings is 1. The largest absolute Gasteiger partial charge is 0.383 e. The van der Waals surface area contributed by atoms with E-state index in [4.69, 9.17) is 0 Å². The first-order valence-electron chi connectivity index (χ1n) is 7.17. The summed E-state index contributed by atoms with van der Waals surface area (Å²) in [5, 5.41) is 3.22. The molecule has 2 rings (SSSR count). The molecule has 1 aromatic rings. The van der Waals surface area contributed by atoms with Gasteiger partial charge in [-0.3, -0.25) is 0 Å². The highest BCUT2D eigenvalue weighted by Crippen LogP contribution is 2.29. The van der Waals surface area contributed by atoms with Gasteiger partial charge in [-0.2, -0.15) is 4.31 Å². The number of anilines is 1. The molecule has 0 aromatic carbocycles. The fourth-order valence-corrected chi connectivity index (χ4v) is 4.52. The Labute approximate surface area is 121 Å². The van der Waals surface area contributed by atoms with E-state index in [2.05, 4.69) is 17.2 Å². The van der Waals surface area contributed by atoms with Crippen LogP contribution in [0.4, 0.5) is 5.69 Å². The number of nitrogens with zero attached hydrogens (tertiary/aromatic N) is 2. The maximum atomic E-state index is 12.8. The molecular weight excluding hydrogens is 274 g/mol. The third-order valence-corrected chi connectivity index (χ3v) is 5.74. The molecule has 0 radical (unpaired) electrons. The Morgan fingerprint density at radius 1 is 1.45 bits per heavy atom. The Hall–Kier alpha value is -1.14. The number of rotatable bonds is 4. The lowest BCUT2D eigenvalue weighted by atomic mass is 9.95. The van der Waals surface area contributed by atoms with Gasteiger partial charge < -0.3 is 5.32 Å². The lowest BCUT2D eigenvalue weighted by molar-refractivity contribution is 0.219. The number of aromatic nitrogens is 1. The van der Waals surface area contributed by atoms with Crippen molar-refractivity contribution in [3.05, 3.63) is 18.3 Å². The van der Waals surface area contributed by atoms with Crippen LogP contribution >= 0.6 is 0 Å². The van der Waals surface area contributed by atoms with Gasteiger partial charge in [0.15, 0.2) is 5.03 Å². The van der Waals surface area contributed by atoms with E-state index in [0.717, 1.165) is 12.8 Å². The highest BCUT2D eigenvalue weighted by Gasteiger charge is 2.35. The normalized spacial score (nSPS) is 24.6. The summed E-state index contributed by atoms with van der Waals surface area (Å²) in [5.41, 5.74) is 0.584. The molecule has 6 heteroatoms. The topological polar surface area (TPSA) is 62.3 Å². The third kappa shape index (κ3) is 2.96. The molecule has 112 valence electrons. The van der Waals surface area contributed by atoms with Gasteiger partial charge in [0.25, 0.3) is 10.0 Å². The Kier molecular flexibility index (Phi) is 4.65. The quantitative estimate of drug-likeness (QED) is 0.926. The molecule has 1 aliphatic heterocycles. The second-order valence-corrected chi connectivity index (χ2v) is 7.29. The van der Waals surface area contributed by atoms with Gasteiger partial charge in [-0.05, 0) is 44.7 Å². The molecule has 20 heavy (non-hydrogen) atoms. The van der Waals surface area contributed by atoms with Crippen molar-refractivity contribution in [2.45, 2.75) is 44.7 Å². The van der Waals surface area contributed by atoms with Crippen LogP contribution in [-0.4, -0.2) is 36.8 Å². The molecule has 1 N–H and O–H groups in total. The fourth-order valence-electron chi connectivity index (χ4n) is 2.78. The van der Waals surface area contributed by atoms with Gasteiger partial charge in [0.2, 0.25) is 0 Å². The van der Waals surface area contributed by atoms with E-state index in [-0.39, 0.29) is 11.1 Å². The summed E-state index contributed by atoms with van der Waals surface area (Å²) in [6.45, 7) is 7.33. The number of piperidine rings is 1. The van der Waals surface area contributed by atoms with Gasteiger partial charge in [-0.1, -0.05) is 6.92 Å². The Morgan fingerprint density at radius 2 is 2.20 bits per heavy atom. The van der Waals surface area contributed by atoms with Crippen LogP contribution in [0.15, 0.2) is 23.4 Å². The van der Waals surface area contributed by atoms with Crippen molar-refractivity contribution in [2.75, 3.05) is 18.4 Å².